The molecular formula is C34H58O5S2. The fraction of sp³-hybridized carbons (Fsp3) is 0.765. The molecule has 0 amide bonds. The molecule has 0 spiro atoms. The summed E-state index contributed by atoms with van der Waals surface area (Å²) in [5.41, 5.74) is 2.92. The molecule has 0 aromatic heterocycles. The third-order valence-corrected chi connectivity index (χ3v) is 9.61. The summed E-state index contributed by atoms with van der Waals surface area (Å²) in [6, 6.07) is 4.18. The van der Waals surface area contributed by atoms with Gasteiger partial charge in [0.25, 0.3) is 0 Å². The van der Waals surface area contributed by atoms with Gasteiger partial charge in [-0.3, -0.25) is 9.59 Å². The van der Waals surface area contributed by atoms with Gasteiger partial charge in [-0.05, 0) is 35.7 Å². The third-order valence-electron chi connectivity index (χ3n) is 7.60. The zero-order valence-electron chi connectivity index (χ0n) is 27.0. The quantitative estimate of drug-likeness (QED) is 0.104. The first-order valence-corrected chi connectivity index (χ1v) is 18.2. The number of phenols is 1. The maximum absolute atomic E-state index is 12.3. The Bertz CT molecular complexity index is 819. The van der Waals surface area contributed by atoms with Crippen LogP contribution in [-0.2, 0) is 36.0 Å². The molecule has 1 N–H and O–H groups in total. The average Bonchev–Trinajstić information content (AvgIpc) is 2.94. The molecule has 2 atom stereocenters. The first-order chi connectivity index (χ1) is 19.5. The molecule has 7 heteroatoms. The highest BCUT2D eigenvalue weighted by Gasteiger charge is 2.19. The highest BCUT2D eigenvalue weighted by atomic mass is 32.2. The average molecular weight is 611 g/mol. The Morgan fingerprint density at radius 3 is 1.54 bits per heavy atom. The molecule has 2 unspecified atom stereocenters. The van der Waals surface area contributed by atoms with E-state index in [4.69, 9.17) is 9.47 Å². The van der Waals surface area contributed by atoms with Crippen LogP contribution in [-0.4, -0.2) is 41.8 Å². The maximum atomic E-state index is 12.3. The molecule has 0 radical (unpaired) electrons. The molecule has 0 heterocycles. The van der Waals surface area contributed by atoms with Gasteiger partial charge < -0.3 is 14.6 Å². The fourth-order valence-corrected chi connectivity index (χ4v) is 6.24. The number of benzene rings is 1. The molecule has 0 bridgehead atoms. The largest absolute Gasteiger partial charge is 0.507 e. The Morgan fingerprint density at radius 2 is 1.20 bits per heavy atom. The summed E-state index contributed by atoms with van der Waals surface area (Å²) in [6.45, 7) is 16.2. The Labute approximate surface area is 259 Å². The summed E-state index contributed by atoms with van der Waals surface area (Å²) in [4.78, 5) is 24.5. The van der Waals surface area contributed by atoms with E-state index in [1.54, 1.807) is 23.5 Å². The van der Waals surface area contributed by atoms with E-state index in [9.17, 15) is 14.7 Å². The van der Waals surface area contributed by atoms with E-state index in [0.29, 0.717) is 66.7 Å². The molecule has 41 heavy (non-hydrogen) atoms. The van der Waals surface area contributed by atoms with Gasteiger partial charge in [0.05, 0.1) is 26.1 Å². The van der Waals surface area contributed by atoms with Crippen molar-refractivity contribution < 1.29 is 24.2 Å². The van der Waals surface area contributed by atoms with Crippen molar-refractivity contribution in [1.82, 2.24) is 0 Å². The van der Waals surface area contributed by atoms with Crippen molar-refractivity contribution in [3.8, 4) is 5.75 Å². The first kappa shape index (κ1) is 37.7. The van der Waals surface area contributed by atoms with Crippen molar-refractivity contribution in [2.75, 3.05) is 24.7 Å². The number of hydrogen-bond acceptors (Lipinski definition) is 7. The minimum atomic E-state index is -0.137. The molecule has 1 rings (SSSR count). The lowest BCUT2D eigenvalue weighted by molar-refractivity contribution is -0.145. The zero-order chi connectivity index (χ0) is 30.7. The highest BCUT2D eigenvalue weighted by molar-refractivity contribution is 7.98. The summed E-state index contributed by atoms with van der Waals surface area (Å²) in [6.07, 6.45) is 9.74. The molecule has 0 fully saturated rings. The van der Waals surface area contributed by atoms with E-state index in [-0.39, 0.29) is 17.4 Å². The molecule has 0 aliphatic rings. The van der Waals surface area contributed by atoms with Gasteiger partial charge in [-0.2, -0.15) is 23.5 Å². The molecule has 0 aliphatic carbocycles. The summed E-state index contributed by atoms with van der Waals surface area (Å²) in [7, 11) is 0. The van der Waals surface area contributed by atoms with Crippen molar-refractivity contribution in [3.05, 3.63) is 28.8 Å². The number of carbonyl (C=O) groups excluding carboxylic acids is 2. The van der Waals surface area contributed by atoms with Gasteiger partial charge in [0.15, 0.2) is 0 Å². The lowest BCUT2D eigenvalue weighted by Crippen LogP contribution is -2.14. The second-order valence-electron chi connectivity index (χ2n) is 12.2. The Balaban J connectivity index is 2.59. The number of ether oxygens (including phenoxy) is 2. The van der Waals surface area contributed by atoms with Gasteiger partial charge in [-0.1, -0.05) is 99.1 Å². The normalized spacial score (nSPS) is 13.1. The number of rotatable bonds is 22. The third kappa shape index (κ3) is 16.2. The van der Waals surface area contributed by atoms with E-state index < -0.39 is 0 Å². The van der Waals surface area contributed by atoms with Crippen LogP contribution in [0.25, 0.3) is 0 Å². The lowest BCUT2D eigenvalue weighted by atomic mass is 9.85. The Hall–Kier alpha value is -1.34. The van der Waals surface area contributed by atoms with Crippen molar-refractivity contribution in [2.45, 2.75) is 130 Å². The first-order valence-electron chi connectivity index (χ1n) is 15.9. The van der Waals surface area contributed by atoms with Crippen LogP contribution in [0.5, 0.6) is 5.75 Å². The molecule has 5 nitrogen and oxygen atoms in total. The summed E-state index contributed by atoms with van der Waals surface area (Å²) < 4.78 is 11.1. The molecular weight excluding hydrogens is 553 g/mol. The number of phenolic OH excluding ortho intramolecular Hbond substituents is 1. The van der Waals surface area contributed by atoms with E-state index in [2.05, 4.69) is 60.6 Å². The number of esters is 2. The summed E-state index contributed by atoms with van der Waals surface area (Å²) in [5, 5.41) is 11.1. The van der Waals surface area contributed by atoms with Crippen molar-refractivity contribution in [3.63, 3.8) is 0 Å². The summed E-state index contributed by atoms with van der Waals surface area (Å²) >= 11 is 3.30. The van der Waals surface area contributed by atoms with Crippen molar-refractivity contribution >= 4 is 35.5 Å². The lowest BCUT2D eigenvalue weighted by Gasteiger charge is -2.22. The van der Waals surface area contributed by atoms with E-state index in [0.717, 1.165) is 49.7 Å². The number of hydrogen-bond donors (Lipinski definition) is 1. The van der Waals surface area contributed by atoms with Gasteiger partial charge in [0.1, 0.15) is 5.75 Å². The van der Waals surface area contributed by atoms with Crippen molar-refractivity contribution in [2.24, 2.45) is 11.8 Å². The fourth-order valence-electron chi connectivity index (χ4n) is 4.45. The smallest absolute Gasteiger partial charge is 0.306 e. The number of carbonyl (C=O) groups is 2. The van der Waals surface area contributed by atoms with E-state index in [1.807, 2.05) is 0 Å². The minimum Gasteiger partial charge on any atom is -0.507 e. The van der Waals surface area contributed by atoms with E-state index in [1.165, 1.54) is 18.4 Å². The van der Waals surface area contributed by atoms with Gasteiger partial charge in [-0.25, -0.2) is 0 Å². The van der Waals surface area contributed by atoms with Crippen LogP contribution in [0.2, 0.25) is 0 Å². The van der Waals surface area contributed by atoms with Crippen LogP contribution in [0.15, 0.2) is 12.1 Å². The standard InChI is InChI=1S/C34H58O5S2/c1-8-12-14-26(10-3)22-38-31(35)16-18-40-24-28-20-30(34(5,6)7)21-29(33(28)37)25-41-19-17-32(36)39-23-27(11-4)15-13-9-2/h20-21,26-27,37H,8-19,22-25H2,1-7H3. The number of thioether (sulfide) groups is 2. The zero-order valence-corrected chi connectivity index (χ0v) is 28.7. The number of unbranched alkanes of at least 4 members (excludes halogenated alkanes) is 2. The topological polar surface area (TPSA) is 72.8 Å². The predicted molar refractivity (Wildman–Crippen MR) is 177 cm³/mol. The molecule has 236 valence electrons. The van der Waals surface area contributed by atoms with Gasteiger partial charge in [0, 0.05) is 34.1 Å². The van der Waals surface area contributed by atoms with Crippen LogP contribution >= 0.6 is 23.5 Å². The van der Waals surface area contributed by atoms with Crippen LogP contribution in [0, 0.1) is 11.8 Å². The highest BCUT2D eigenvalue weighted by Crippen LogP contribution is 2.35. The molecule has 1 aromatic carbocycles. The van der Waals surface area contributed by atoms with Crippen LogP contribution in [0.4, 0.5) is 0 Å². The van der Waals surface area contributed by atoms with Gasteiger partial charge in [0.2, 0.25) is 0 Å². The van der Waals surface area contributed by atoms with Crippen LogP contribution in [0.1, 0.15) is 129 Å². The monoisotopic (exact) mass is 610 g/mol. The Morgan fingerprint density at radius 1 is 0.780 bits per heavy atom. The van der Waals surface area contributed by atoms with E-state index >= 15 is 0 Å². The van der Waals surface area contributed by atoms with Crippen LogP contribution in [0.3, 0.4) is 0 Å². The van der Waals surface area contributed by atoms with Crippen molar-refractivity contribution in [1.29, 1.82) is 0 Å². The molecule has 0 saturated carbocycles. The van der Waals surface area contributed by atoms with Gasteiger partial charge in [-0.15, -0.1) is 0 Å². The Kier molecular flexibility index (Phi) is 19.6. The number of aromatic hydroxyl groups is 1. The SMILES string of the molecule is CCCCC(CC)COC(=O)CCSCc1cc(C(C)(C)C)cc(CSCCC(=O)OCC(CC)CCCC)c1O. The maximum Gasteiger partial charge on any atom is 0.306 e. The van der Waals surface area contributed by atoms with Crippen LogP contribution < -0.4 is 0 Å². The van der Waals surface area contributed by atoms with Gasteiger partial charge >= 0.3 is 11.9 Å². The predicted octanol–water partition coefficient (Wildman–Crippen LogP) is 9.46. The summed E-state index contributed by atoms with van der Waals surface area (Å²) in [5.74, 6) is 3.55. The molecule has 0 aliphatic heterocycles. The molecule has 1 aromatic rings. The second-order valence-corrected chi connectivity index (χ2v) is 14.4. The minimum absolute atomic E-state index is 0.0542. The molecule has 0 saturated heterocycles. The second kappa shape index (κ2) is 21.4.